The van der Waals surface area contributed by atoms with Crippen LogP contribution in [0.15, 0.2) is 18.3 Å². The summed E-state index contributed by atoms with van der Waals surface area (Å²) in [5, 5.41) is 0. The average molecular weight is 279 g/mol. The van der Waals surface area contributed by atoms with Crippen LogP contribution in [-0.2, 0) is 0 Å². The summed E-state index contributed by atoms with van der Waals surface area (Å²) < 4.78 is 12.8. The Hall–Kier alpha value is -1.00. The Morgan fingerprint density at radius 2 is 2.15 bits per heavy atom. The Bertz CT molecular complexity index is 416. The average Bonchev–Trinajstić information content (AvgIpc) is 2.58. The molecule has 1 atom stereocenters. The van der Waals surface area contributed by atoms with Crippen LogP contribution in [0.1, 0.15) is 51.3 Å². The molecule has 1 aromatic rings. The molecular weight excluding hydrogens is 253 g/mol. The summed E-state index contributed by atoms with van der Waals surface area (Å²) in [5.74, 6) is -0.310. The van der Waals surface area contributed by atoms with Gasteiger partial charge in [0.25, 0.3) is 0 Å². The van der Waals surface area contributed by atoms with Crippen LogP contribution in [0.5, 0.6) is 0 Å². The van der Waals surface area contributed by atoms with E-state index < -0.39 is 0 Å². The molecule has 1 aromatic heterocycles. The monoisotopic (exact) mass is 279 g/mol. The highest BCUT2D eigenvalue weighted by Crippen LogP contribution is 2.29. The van der Waals surface area contributed by atoms with Gasteiger partial charge in [0.05, 0.1) is 11.9 Å². The number of nitrogens with two attached hydrogens (primary N) is 1. The van der Waals surface area contributed by atoms with Crippen molar-refractivity contribution in [3.63, 3.8) is 0 Å². The van der Waals surface area contributed by atoms with Crippen molar-refractivity contribution < 1.29 is 4.39 Å². The van der Waals surface area contributed by atoms with Gasteiger partial charge in [-0.25, -0.2) is 4.39 Å². The van der Waals surface area contributed by atoms with Gasteiger partial charge in [-0.05, 0) is 62.9 Å². The standard InChI is InChI=1S/C16H26FN3/c1-16(2)7-3-9-20(11-8-16)10-6-14(18)15-5-4-13(17)12-19-15/h4-5,12,14H,3,6-11,18H2,1-2H3. The molecule has 3 nitrogen and oxygen atoms in total. The van der Waals surface area contributed by atoms with Gasteiger partial charge in [0.1, 0.15) is 5.82 Å². The molecule has 2 N–H and O–H groups in total. The smallest absolute Gasteiger partial charge is 0.141 e. The Labute approximate surface area is 121 Å². The van der Waals surface area contributed by atoms with Crippen LogP contribution < -0.4 is 5.73 Å². The normalized spacial score (nSPS) is 21.4. The lowest BCUT2D eigenvalue weighted by Gasteiger charge is -2.24. The minimum Gasteiger partial charge on any atom is -0.323 e. The quantitative estimate of drug-likeness (QED) is 0.920. The third-order valence-electron chi connectivity index (χ3n) is 4.32. The van der Waals surface area contributed by atoms with E-state index in [1.807, 2.05) is 0 Å². The van der Waals surface area contributed by atoms with E-state index in [0.29, 0.717) is 5.41 Å². The van der Waals surface area contributed by atoms with E-state index in [1.54, 1.807) is 6.07 Å². The van der Waals surface area contributed by atoms with Crippen LogP contribution in [-0.4, -0.2) is 29.5 Å². The first-order valence-corrected chi connectivity index (χ1v) is 7.56. The Balaban J connectivity index is 1.81. The molecule has 1 aliphatic heterocycles. The molecule has 4 heteroatoms. The van der Waals surface area contributed by atoms with Crippen molar-refractivity contribution in [3.8, 4) is 0 Å². The maximum atomic E-state index is 12.8. The number of halogens is 1. The van der Waals surface area contributed by atoms with Gasteiger partial charge in [-0.2, -0.15) is 0 Å². The van der Waals surface area contributed by atoms with Crippen molar-refractivity contribution in [1.29, 1.82) is 0 Å². The highest BCUT2D eigenvalue weighted by Gasteiger charge is 2.23. The molecule has 1 unspecified atom stereocenters. The summed E-state index contributed by atoms with van der Waals surface area (Å²) in [6, 6.07) is 3.01. The molecule has 112 valence electrons. The number of nitrogens with zero attached hydrogens (tertiary/aromatic N) is 2. The first kappa shape index (κ1) is 15.4. The minimum absolute atomic E-state index is 0.105. The second-order valence-electron chi connectivity index (χ2n) is 6.66. The number of hydrogen-bond donors (Lipinski definition) is 1. The largest absolute Gasteiger partial charge is 0.323 e. The lowest BCUT2D eigenvalue weighted by molar-refractivity contribution is 0.254. The van der Waals surface area contributed by atoms with Crippen molar-refractivity contribution in [2.45, 2.75) is 45.6 Å². The molecule has 1 fully saturated rings. The third-order valence-corrected chi connectivity index (χ3v) is 4.32. The van der Waals surface area contributed by atoms with E-state index in [4.69, 9.17) is 5.73 Å². The second kappa shape index (κ2) is 6.64. The van der Waals surface area contributed by atoms with Crippen molar-refractivity contribution >= 4 is 0 Å². The molecule has 0 saturated carbocycles. The van der Waals surface area contributed by atoms with Gasteiger partial charge in [0.2, 0.25) is 0 Å². The van der Waals surface area contributed by atoms with E-state index >= 15 is 0 Å². The predicted molar refractivity (Wildman–Crippen MR) is 79.8 cm³/mol. The van der Waals surface area contributed by atoms with Crippen LogP contribution in [0.2, 0.25) is 0 Å². The summed E-state index contributed by atoms with van der Waals surface area (Å²) in [7, 11) is 0. The van der Waals surface area contributed by atoms with Gasteiger partial charge < -0.3 is 10.6 Å². The summed E-state index contributed by atoms with van der Waals surface area (Å²) in [6.07, 6.45) is 5.92. The first-order chi connectivity index (χ1) is 9.46. The van der Waals surface area contributed by atoms with Gasteiger partial charge in [-0.15, -0.1) is 0 Å². The molecule has 0 spiro atoms. The third kappa shape index (κ3) is 4.53. The molecule has 0 aromatic carbocycles. The number of likely N-dealkylation sites (tertiary alicyclic amines) is 1. The van der Waals surface area contributed by atoms with Gasteiger partial charge in [-0.1, -0.05) is 13.8 Å². The topological polar surface area (TPSA) is 42.1 Å². The molecule has 0 amide bonds. The number of pyridine rings is 1. The number of hydrogen-bond acceptors (Lipinski definition) is 3. The Morgan fingerprint density at radius 3 is 2.85 bits per heavy atom. The van der Waals surface area contributed by atoms with Crippen molar-refractivity contribution in [1.82, 2.24) is 9.88 Å². The van der Waals surface area contributed by atoms with Gasteiger partial charge >= 0.3 is 0 Å². The van der Waals surface area contributed by atoms with E-state index in [9.17, 15) is 4.39 Å². The predicted octanol–water partition coefficient (Wildman–Crippen LogP) is 3.12. The molecule has 2 heterocycles. The van der Waals surface area contributed by atoms with Crippen molar-refractivity contribution in [2.75, 3.05) is 19.6 Å². The summed E-state index contributed by atoms with van der Waals surface area (Å²) in [4.78, 5) is 6.56. The van der Waals surface area contributed by atoms with Crippen LogP contribution in [0.3, 0.4) is 0 Å². The zero-order chi connectivity index (χ0) is 14.6. The maximum Gasteiger partial charge on any atom is 0.141 e. The molecule has 1 aliphatic rings. The number of rotatable bonds is 4. The van der Waals surface area contributed by atoms with Gasteiger partial charge in [0, 0.05) is 6.04 Å². The van der Waals surface area contributed by atoms with E-state index in [-0.39, 0.29) is 11.9 Å². The number of aromatic nitrogens is 1. The Morgan fingerprint density at radius 1 is 1.35 bits per heavy atom. The minimum atomic E-state index is -0.310. The second-order valence-corrected chi connectivity index (χ2v) is 6.66. The molecular formula is C16H26FN3. The molecule has 2 rings (SSSR count). The van der Waals surface area contributed by atoms with E-state index in [2.05, 4.69) is 23.7 Å². The highest BCUT2D eigenvalue weighted by molar-refractivity contribution is 5.09. The lowest BCUT2D eigenvalue weighted by Crippen LogP contribution is -2.29. The summed E-state index contributed by atoms with van der Waals surface area (Å²) >= 11 is 0. The SMILES string of the molecule is CC1(C)CCCN(CCC(N)c2ccc(F)cn2)CC1. The molecule has 20 heavy (non-hydrogen) atoms. The lowest BCUT2D eigenvalue weighted by atomic mass is 9.85. The molecule has 0 aliphatic carbocycles. The zero-order valence-electron chi connectivity index (χ0n) is 12.6. The fraction of sp³-hybridized carbons (Fsp3) is 0.688. The summed E-state index contributed by atoms with van der Waals surface area (Å²) in [5.41, 5.74) is 7.39. The summed E-state index contributed by atoms with van der Waals surface area (Å²) in [6.45, 7) is 8.01. The molecule has 0 radical (unpaired) electrons. The van der Waals surface area contributed by atoms with E-state index in [0.717, 1.165) is 31.7 Å². The van der Waals surface area contributed by atoms with Gasteiger partial charge in [0.15, 0.2) is 0 Å². The van der Waals surface area contributed by atoms with E-state index in [1.165, 1.54) is 31.5 Å². The van der Waals surface area contributed by atoms with Crippen molar-refractivity contribution in [2.24, 2.45) is 11.1 Å². The van der Waals surface area contributed by atoms with Crippen LogP contribution in [0.4, 0.5) is 4.39 Å². The van der Waals surface area contributed by atoms with Crippen LogP contribution >= 0.6 is 0 Å². The fourth-order valence-corrected chi connectivity index (χ4v) is 2.78. The van der Waals surface area contributed by atoms with Crippen molar-refractivity contribution in [3.05, 3.63) is 29.8 Å². The fourth-order valence-electron chi connectivity index (χ4n) is 2.78. The maximum absolute atomic E-state index is 12.8. The highest BCUT2D eigenvalue weighted by atomic mass is 19.1. The first-order valence-electron chi connectivity index (χ1n) is 7.56. The van der Waals surface area contributed by atoms with Gasteiger partial charge in [-0.3, -0.25) is 4.98 Å². The zero-order valence-corrected chi connectivity index (χ0v) is 12.6. The Kier molecular flexibility index (Phi) is 5.11. The molecule has 0 bridgehead atoms. The van der Waals surface area contributed by atoms with Crippen LogP contribution in [0.25, 0.3) is 0 Å². The van der Waals surface area contributed by atoms with Crippen LogP contribution in [0, 0.1) is 11.2 Å². The molecule has 1 saturated heterocycles.